The normalized spacial score (nSPS) is 18.0. The van der Waals surface area contributed by atoms with Crippen LogP contribution in [0.4, 0.5) is 0 Å². The van der Waals surface area contributed by atoms with Gasteiger partial charge < -0.3 is 20.3 Å². The molecular weight excluding hydrogens is 194 g/mol. The first-order valence-corrected chi connectivity index (χ1v) is 5.90. The Morgan fingerprint density at radius 3 is 2.80 bits per heavy atom. The Morgan fingerprint density at radius 2 is 2.13 bits per heavy atom. The predicted octanol–water partition coefficient (Wildman–Crippen LogP) is 0.136. The highest BCUT2D eigenvalue weighted by Crippen LogP contribution is 2.28. The molecule has 1 unspecified atom stereocenters. The minimum absolute atomic E-state index is 0.245. The Balaban J connectivity index is 1.77. The van der Waals surface area contributed by atoms with E-state index in [2.05, 4.69) is 5.32 Å². The van der Waals surface area contributed by atoms with Crippen LogP contribution in [0.2, 0.25) is 0 Å². The van der Waals surface area contributed by atoms with Gasteiger partial charge in [-0.3, -0.25) is 0 Å². The molecule has 0 spiro atoms. The molecule has 0 bridgehead atoms. The second-order valence-corrected chi connectivity index (χ2v) is 4.27. The average molecular weight is 217 g/mol. The van der Waals surface area contributed by atoms with Gasteiger partial charge in [0.2, 0.25) is 0 Å². The average Bonchev–Trinajstić information content (AvgIpc) is 3.01. The summed E-state index contributed by atoms with van der Waals surface area (Å²) in [7, 11) is 0. The van der Waals surface area contributed by atoms with Crippen molar-refractivity contribution in [3.8, 4) is 0 Å². The van der Waals surface area contributed by atoms with E-state index in [9.17, 15) is 5.11 Å². The van der Waals surface area contributed by atoms with Gasteiger partial charge in [-0.1, -0.05) is 0 Å². The topological polar surface area (TPSA) is 61.7 Å². The van der Waals surface area contributed by atoms with E-state index >= 15 is 0 Å². The number of ether oxygens (including phenoxy) is 1. The summed E-state index contributed by atoms with van der Waals surface area (Å²) in [6, 6.07) is 0. The molecule has 0 aromatic carbocycles. The molecule has 3 N–H and O–H groups in total. The highest BCUT2D eigenvalue weighted by atomic mass is 16.5. The molecule has 1 atom stereocenters. The smallest absolute Gasteiger partial charge is 0.0897 e. The first-order chi connectivity index (χ1) is 7.33. The summed E-state index contributed by atoms with van der Waals surface area (Å²) in [4.78, 5) is 0. The van der Waals surface area contributed by atoms with Crippen LogP contribution < -0.4 is 5.32 Å². The summed E-state index contributed by atoms with van der Waals surface area (Å²) < 4.78 is 5.37. The molecule has 0 amide bonds. The molecule has 0 aromatic rings. The summed E-state index contributed by atoms with van der Waals surface area (Å²) in [5.41, 5.74) is 0. The van der Waals surface area contributed by atoms with Crippen LogP contribution in [-0.4, -0.2) is 49.2 Å². The van der Waals surface area contributed by atoms with E-state index in [0.29, 0.717) is 13.2 Å². The van der Waals surface area contributed by atoms with Crippen molar-refractivity contribution in [3.05, 3.63) is 0 Å². The van der Waals surface area contributed by atoms with Crippen molar-refractivity contribution in [1.82, 2.24) is 5.32 Å². The molecular formula is C11H23NO3. The van der Waals surface area contributed by atoms with E-state index in [1.165, 1.54) is 12.8 Å². The minimum atomic E-state index is -0.405. The first kappa shape index (κ1) is 12.9. The summed E-state index contributed by atoms with van der Waals surface area (Å²) in [6.07, 6.45) is 3.94. The lowest BCUT2D eigenvalue weighted by Gasteiger charge is -2.11. The monoisotopic (exact) mass is 217 g/mol. The molecule has 1 rings (SSSR count). The third-order valence-corrected chi connectivity index (χ3v) is 2.50. The van der Waals surface area contributed by atoms with Crippen LogP contribution in [-0.2, 0) is 4.74 Å². The standard InChI is InChI=1S/C11H23NO3/c13-6-2-1-5-12-7-11(14)9-15-8-10-3-4-10/h10-14H,1-9H2. The number of rotatable bonds is 10. The van der Waals surface area contributed by atoms with E-state index in [0.717, 1.165) is 31.9 Å². The maximum absolute atomic E-state index is 9.50. The van der Waals surface area contributed by atoms with Crippen molar-refractivity contribution >= 4 is 0 Å². The molecule has 4 nitrogen and oxygen atoms in total. The van der Waals surface area contributed by atoms with E-state index in [4.69, 9.17) is 9.84 Å². The molecule has 15 heavy (non-hydrogen) atoms. The van der Waals surface area contributed by atoms with Gasteiger partial charge in [0.25, 0.3) is 0 Å². The summed E-state index contributed by atoms with van der Waals surface area (Å²) >= 11 is 0. The highest BCUT2D eigenvalue weighted by molar-refractivity contribution is 4.72. The zero-order valence-electron chi connectivity index (χ0n) is 9.32. The molecule has 0 saturated heterocycles. The van der Waals surface area contributed by atoms with Crippen molar-refractivity contribution in [3.63, 3.8) is 0 Å². The van der Waals surface area contributed by atoms with Crippen LogP contribution in [0.15, 0.2) is 0 Å². The lowest BCUT2D eigenvalue weighted by molar-refractivity contribution is 0.0326. The van der Waals surface area contributed by atoms with Gasteiger partial charge in [-0.2, -0.15) is 0 Å². The van der Waals surface area contributed by atoms with Crippen LogP contribution in [0.1, 0.15) is 25.7 Å². The van der Waals surface area contributed by atoms with Crippen molar-refractivity contribution < 1.29 is 14.9 Å². The largest absolute Gasteiger partial charge is 0.396 e. The SMILES string of the molecule is OCCCCNCC(O)COCC1CC1. The van der Waals surface area contributed by atoms with Crippen LogP contribution in [0.3, 0.4) is 0 Å². The Hall–Kier alpha value is -0.160. The molecule has 1 saturated carbocycles. The van der Waals surface area contributed by atoms with Crippen molar-refractivity contribution in [2.45, 2.75) is 31.8 Å². The molecule has 90 valence electrons. The quantitative estimate of drug-likeness (QED) is 0.455. The van der Waals surface area contributed by atoms with Crippen LogP contribution in [0.5, 0.6) is 0 Å². The molecule has 1 aliphatic rings. The second kappa shape index (κ2) is 8.05. The van der Waals surface area contributed by atoms with E-state index in [1.807, 2.05) is 0 Å². The maximum atomic E-state index is 9.50. The summed E-state index contributed by atoms with van der Waals surface area (Å²) in [6.45, 7) is 2.91. The summed E-state index contributed by atoms with van der Waals surface area (Å²) in [5, 5.41) is 21.2. The number of aliphatic hydroxyl groups is 2. The fourth-order valence-corrected chi connectivity index (χ4v) is 1.34. The fourth-order valence-electron chi connectivity index (χ4n) is 1.34. The van der Waals surface area contributed by atoms with Crippen LogP contribution in [0.25, 0.3) is 0 Å². The lowest BCUT2D eigenvalue weighted by Crippen LogP contribution is -2.31. The zero-order chi connectivity index (χ0) is 10.9. The predicted molar refractivity (Wildman–Crippen MR) is 58.7 cm³/mol. The molecule has 4 heteroatoms. The number of aliphatic hydroxyl groups excluding tert-OH is 2. The van der Waals surface area contributed by atoms with Gasteiger partial charge in [-0.15, -0.1) is 0 Å². The first-order valence-electron chi connectivity index (χ1n) is 5.90. The number of hydrogen-bond acceptors (Lipinski definition) is 4. The number of hydrogen-bond donors (Lipinski definition) is 3. The number of nitrogens with one attached hydrogen (secondary N) is 1. The van der Waals surface area contributed by atoms with E-state index in [1.54, 1.807) is 0 Å². The van der Waals surface area contributed by atoms with Gasteiger partial charge in [0.15, 0.2) is 0 Å². The van der Waals surface area contributed by atoms with Gasteiger partial charge in [0.1, 0.15) is 0 Å². The zero-order valence-corrected chi connectivity index (χ0v) is 9.32. The summed E-state index contributed by atoms with van der Waals surface area (Å²) in [5.74, 6) is 0.759. The molecule has 0 radical (unpaired) electrons. The Morgan fingerprint density at radius 1 is 1.33 bits per heavy atom. The van der Waals surface area contributed by atoms with E-state index < -0.39 is 6.10 Å². The lowest BCUT2D eigenvalue weighted by atomic mass is 10.3. The molecule has 0 aliphatic heterocycles. The second-order valence-electron chi connectivity index (χ2n) is 4.27. The highest BCUT2D eigenvalue weighted by Gasteiger charge is 2.21. The van der Waals surface area contributed by atoms with Gasteiger partial charge in [0.05, 0.1) is 12.7 Å². The maximum Gasteiger partial charge on any atom is 0.0897 e. The van der Waals surface area contributed by atoms with Crippen molar-refractivity contribution in [1.29, 1.82) is 0 Å². The van der Waals surface area contributed by atoms with Crippen LogP contribution in [0, 0.1) is 5.92 Å². The third kappa shape index (κ3) is 7.73. The molecule has 0 heterocycles. The third-order valence-electron chi connectivity index (χ3n) is 2.50. The Kier molecular flexibility index (Phi) is 6.92. The number of unbranched alkanes of at least 4 members (excludes halogenated alkanes) is 1. The van der Waals surface area contributed by atoms with Gasteiger partial charge >= 0.3 is 0 Å². The van der Waals surface area contributed by atoms with E-state index in [-0.39, 0.29) is 6.61 Å². The van der Waals surface area contributed by atoms with Gasteiger partial charge in [-0.05, 0) is 38.1 Å². The molecule has 1 aliphatic carbocycles. The van der Waals surface area contributed by atoms with Crippen molar-refractivity contribution in [2.75, 3.05) is 32.9 Å². The van der Waals surface area contributed by atoms with Gasteiger partial charge in [0, 0.05) is 19.8 Å². The fraction of sp³-hybridized carbons (Fsp3) is 1.00. The van der Waals surface area contributed by atoms with Crippen molar-refractivity contribution in [2.24, 2.45) is 5.92 Å². The minimum Gasteiger partial charge on any atom is -0.396 e. The van der Waals surface area contributed by atoms with Gasteiger partial charge in [-0.25, -0.2) is 0 Å². The Bertz CT molecular complexity index is 151. The Labute approximate surface area is 91.6 Å². The van der Waals surface area contributed by atoms with Crippen LogP contribution >= 0.6 is 0 Å². The molecule has 0 aromatic heterocycles. The molecule has 1 fully saturated rings.